The van der Waals surface area contributed by atoms with E-state index in [0.717, 1.165) is 29.8 Å². The van der Waals surface area contributed by atoms with Gasteiger partial charge in [-0.3, -0.25) is 0 Å². The van der Waals surface area contributed by atoms with Crippen LogP contribution in [-0.2, 0) is 0 Å². The number of likely N-dealkylation sites (tertiary alicyclic amines) is 1. The highest BCUT2D eigenvalue weighted by atomic mass is 15.2. The number of rotatable bonds is 5. The number of hydrogen-bond donors (Lipinski definition) is 0. The molecule has 2 saturated carbocycles. The van der Waals surface area contributed by atoms with Gasteiger partial charge in [0, 0.05) is 18.6 Å². The summed E-state index contributed by atoms with van der Waals surface area (Å²) in [4.78, 5) is 5.46. The van der Waals surface area contributed by atoms with Crippen molar-refractivity contribution in [2.45, 2.75) is 77.3 Å². The normalized spacial score (nSPS) is 33.0. The predicted octanol–water partition coefficient (Wildman–Crippen LogP) is 4.01. The topological polar surface area (TPSA) is 6.48 Å². The molecule has 1 heterocycles. The lowest BCUT2D eigenvalue weighted by atomic mass is 9.77. The fraction of sp³-hybridized carbons (Fsp3) is 1.00. The van der Waals surface area contributed by atoms with Crippen LogP contribution in [0.4, 0.5) is 0 Å². The van der Waals surface area contributed by atoms with Crippen LogP contribution in [0.25, 0.3) is 0 Å². The van der Waals surface area contributed by atoms with Crippen molar-refractivity contribution in [2.75, 3.05) is 26.7 Å². The zero-order valence-corrected chi connectivity index (χ0v) is 14.6. The van der Waals surface area contributed by atoms with Crippen molar-refractivity contribution < 1.29 is 0 Å². The van der Waals surface area contributed by atoms with Gasteiger partial charge in [-0.25, -0.2) is 0 Å². The first-order chi connectivity index (χ1) is 10.1. The van der Waals surface area contributed by atoms with Gasteiger partial charge in [0.2, 0.25) is 0 Å². The van der Waals surface area contributed by atoms with Gasteiger partial charge in [-0.2, -0.15) is 0 Å². The molecule has 0 atom stereocenters. The molecule has 0 radical (unpaired) electrons. The molecule has 0 amide bonds. The van der Waals surface area contributed by atoms with Crippen molar-refractivity contribution in [1.82, 2.24) is 9.80 Å². The van der Waals surface area contributed by atoms with Crippen LogP contribution < -0.4 is 0 Å². The summed E-state index contributed by atoms with van der Waals surface area (Å²) in [7, 11) is 2.37. The fourth-order valence-electron chi connectivity index (χ4n) is 4.69. The molecule has 0 spiro atoms. The zero-order valence-electron chi connectivity index (χ0n) is 14.6. The Morgan fingerprint density at radius 3 is 1.95 bits per heavy atom. The molecule has 2 nitrogen and oxygen atoms in total. The van der Waals surface area contributed by atoms with E-state index in [1.165, 1.54) is 71.0 Å². The summed E-state index contributed by atoms with van der Waals surface area (Å²) in [5.74, 6) is 2.91. The molecule has 2 aliphatic carbocycles. The van der Waals surface area contributed by atoms with E-state index in [1.54, 1.807) is 0 Å². The van der Waals surface area contributed by atoms with Crippen molar-refractivity contribution in [3.8, 4) is 0 Å². The van der Waals surface area contributed by atoms with Crippen molar-refractivity contribution in [3.63, 3.8) is 0 Å². The third-order valence-electron chi connectivity index (χ3n) is 6.61. The molecule has 3 rings (SSSR count). The van der Waals surface area contributed by atoms with Crippen LogP contribution in [-0.4, -0.2) is 48.6 Å². The lowest BCUT2D eigenvalue weighted by Crippen LogP contribution is -2.45. The van der Waals surface area contributed by atoms with Gasteiger partial charge < -0.3 is 9.80 Å². The largest absolute Gasteiger partial charge is 0.303 e. The third kappa shape index (κ3) is 4.22. The highest BCUT2D eigenvalue weighted by Gasteiger charge is 2.33. The molecule has 3 aliphatic rings. The smallest absolute Gasteiger partial charge is 0.0119 e. The summed E-state index contributed by atoms with van der Waals surface area (Å²) < 4.78 is 0. The maximum Gasteiger partial charge on any atom is 0.0119 e. The SMILES string of the molecule is CC(C)C1CCC(CN2CCC(N(C)C3CC3)CC2)CC1. The quantitative estimate of drug-likeness (QED) is 0.755. The second-order valence-electron chi connectivity index (χ2n) is 8.45. The Kier molecular flexibility index (Phi) is 5.27. The first-order valence-electron chi connectivity index (χ1n) is 9.57. The van der Waals surface area contributed by atoms with Crippen molar-refractivity contribution in [3.05, 3.63) is 0 Å². The van der Waals surface area contributed by atoms with Crippen molar-refractivity contribution in [1.29, 1.82) is 0 Å². The molecule has 2 heteroatoms. The maximum absolute atomic E-state index is 2.78. The number of nitrogens with zero attached hydrogens (tertiary/aromatic N) is 2. The van der Waals surface area contributed by atoms with Gasteiger partial charge in [0.1, 0.15) is 0 Å². The highest BCUT2D eigenvalue weighted by molar-refractivity contribution is 4.89. The van der Waals surface area contributed by atoms with E-state index in [1.807, 2.05) is 0 Å². The zero-order chi connectivity index (χ0) is 14.8. The van der Waals surface area contributed by atoms with Gasteiger partial charge in [-0.05, 0) is 89.3 Å². The van der Waals surface area contributed by atoms with Crippen molar-refractivity contribution >= 4 is 0 Å². The standard InChI is InChI=1S/C19H36N2/c1-15(2)17-6-4-16(5-7-17)14-21-12-10-19(11-13-21)20(3)18-8-9-18/h15-19H,4-14H2,1-3H3. The molecule has 0 unspecified atom stereocenters. The molecule has 0 bridgehead atoms. The number of hydrogen-bond acceptors (Lipinski definition) is 2. The van der Waals surface area contributed by atoms with Crippen LogP contribution in [0, 0.1) is 17.8 Å². The van der Waals surface area contributed by atoms with Crippen molar-refractivity contribution in [2.24, 2.45) is 17.8 Å². The Labute approximate surface area is 132 Å². The van der Waals surface area contributed by atoms with E-state index < -0.39 is 0 Å². The molecule has 0 aromatic rings. The molecule has 122 valence electrons. The fourth-order valence-corrected chi connectivity index (χ4v) is 4.69. The first kappa shape index (κ1) is 15.8. The van der Waals surface area contributed by atoms with E-state index in [4.69, 9.17) is 0 Å². The molecule has 21 heavy (non-hydrogen) atoms. The third-order valence-corrected chi connectivity index (χ3v) is 6.61. The molecule has 3 fully saturated rings. The highest BCUT2D eigenvalue weighted by Crippen LogP contribution is 2.34. The van der Waals surface area contributed by atoms with Crippen LogP contribution in [0.1, 0.15) is 65.2 Å². The molecule has 0 aromatic heterocycles. The van der Waals surface area contributed by atoms with Gasteiger partial charge in [0.25, 0.3) is 0 Å². The lowest BCUT2D eigenvalue weighted by molar-refractivity contribution is 0.0977. The Bertz CT molecular complexity index is 308. The summed E-state index contributed by atoms with van der Waals surface area (Å²) >= 11 is 0. The maximum atomic E-state index is 2.78. The van der Waals surface area contributed by atoms with Gasteiger partial charge in [-0.1, -0.05) is 13.8 Å². The molecule has 0 N–H and O–H groups in total. The van der Waals surface area contributed by atoms with Crippen LogP contribution >= 0.6 is 0 Å². The van der Waals surface area contributed by atoms with E-state index in [0.29, 0.717) is 0 Å². The molecular formula is C19H36N2. The molecule has 0 aromatic carbocycles. The van der Waals surface area contributed by atoms with E-state index in [-0.39, 0.29) is 0 Å². The van der Waals surface area contributed by atoms with E-state index >= 15 is 0 Å². The minimum absolute atomic E-state index is 0.880. The molecule has 1 saturated heterocycles. The summed E-state index contributed by atoms with van der Waals surface area (Å²) in [6.45, 7) is 8.92. The van der Waals surface area contributed by atoms with E-state index in [2.05, 4.69) is 30.7 Å². The predicted molar refractivity (Wildman–Crippen MR) is 90.5 cm³/mol. The van der Waals surface area contributed by atoms with Crippen LogP contribution in [0.2, 0.25) is 0 Å². The Hall–Kier alpha value is -0.0800. The minimum Gasteiger partial charge on any atom is -0.303 e. The summed E-state index contributed by atoms with van der Waals surface area (Å²) in [5, 5.41) is 0. The van der Waals surface area contributed by atoms with Gasteiger partial charge >= 0.3 is 0 Å². The van der Waals surface area contributed by atoms with E-state index in [9.17, 15) is 0 Å². The Morgan fingerprint density at radius 2 is 1.43 bits per heavy atom. The van der Waals surface area contributed by atoms with Gasteiger partial charge in [0.15, 0.2) is 0 Å². The van der Waals surface area contributed by atoms with Crippen LogP contribution in [0.5, 0.6) is 0 Å². The lowest BCUT2D eigenvalue weighted by Gasteiger charge is -2.39. The monoisotopic (exact) mass is 292 g/mol. The number of piperidine rings is 1. The van der Waals surface area contributed by atoms with Gasteiger partial charge in [-0.15, -0.1) is 0 Å². The minimum atomic E-state index is 0.880. The summed E-state index contributed by atoms with van der Waals surface area (Å²) in [5.41, 5.74) is 0. The van der Waals surface area contributed by atoms with Crippen LogP contribution in [0.15, 0.2) is 0 Å². The Balaban J connectivity index is 1.36. The summed E-state index contributed by atoms with van der Waals surface area (Å²) in [6, 6.07) is 1.82. The van der Waals surface area contributed by atoms with Gasteiger partial charge in [0.05, 0.1) is 0 Å². The average Bonchev–Trinajstić information content (AvgIpc) is 3.32. The second kappa shape index (κ2) is 7.00. The molecular weight excluding hydrogens is 256 g/mol. The average molecular weight is 293 g/mol. The summed E-state index contributed by atoms with van der Waals surface area (Å²) in [6.07, 6.45) is 11.7. The molecule has 1 aliphatic heterocycles. The second-order valence-corrected chi connectivity index (χ2v) is 8.45. The van der Waals surface area contributed by atoms with Crippen LogP contribution in [0.3, 0.4) is 0 Å². The Morgan fingerprint density at radius 1 is 0.857 bits per heavy atom. The first-order valence-corrected chi connectivity index (χ1v) is 9.57.